The van der Waals surface area contributed by atoms with E-state index in [1.54, 1.807) is 6.07 Å². The molecule has 0 spiro atoms. The Morgan fingerprint density at radius 3 is 2.47 bits per heavy atom. The van der Waals surface area contributed by atoms with Gasteiger partial charge in [-0.3, -0.25) is 0 Å². The summed E-state index contributed by atoms with van der Waals surface area (Å²) in [5.74, 6) is 0. The summed E-state index contributed by atoms with van der Waals surface area (Å²) in [4.78, 5) is 0. The van der Waals surface area contributed by atoms with Crippen LogP contribution in [0.3, 0.4) is 0 Å². The summed E-state index contributed by atoms with van der Waals surface area (Å²) in [5.41, 5.74) is 2.71. The van der Waals surface area contributed by atoms with Crippen molar-refractivity contribution in [3.05, 3.63) is 67.6 Å². The van der Waals surface area contributed by atoms with Crippen molar-refractivity contribution in [3.63, 3.8) is 0 Å². The molecule has 1 nitrogen and oxygen atoms in total. The van der Waals surface area contributed by atoms with Gasteiger partial charge < -0.3 is 5.11 Å². The molecule has 0 saturated heterocycles. The molecule has 0 aromatic heterocycles. The van der Waals surface area contributed by atoms with Crippen molar-refractivity contribution in [2.75, 3.05) is 0 Å². The maximum absolute atomic E-state index is 10.3. The average molecular weight is 360 g/mol. The van der Waals surface area contributed by atoms with E-state index in [2.05, 4.69) is 15.9 Å². The van der Waals surface area contributed by atoms with Crippen molar-refractivity contribution in [1.82, 2.24) is 0 Å². The fourth-order valence-electron chi connectivity index (χ4n) is 1.83. The molecule has 0 aliphatic heterocycles. The highest BCUT2D eigenvalue weighted by Gasteiger charge is 2.12. The Labute approximate surface area is 131 Å². The SMILES string of the molecule is Cc1ccc(C(O)Cc2ccc(Br)cc2Cl)cc1Cl. The molecule has 0 aliphatic rings. The molecule has 0 aliphatic carbocycles. The quantitative estimate of drug-likeness (QED) is 0.784. The zero-order valence-electron chi connectivity index (χ0n) is 10.3. The Morgan fingerprint density at radius 2 is 1.84 bits per heavy atom. The molecule has 1 atom stereocenters. The molecule has 1 unspecified atom stereocenters. The summed E-state index contributed by atoms with van der Waals surface area (Å²) in [7, 11) is 0. The van der Waals surface area contributed by atoms with Gasteiger partial charge in [-0.25, -0.2) is 0 Å². The Morgan fingerprint density at radius 1 is 1.11 bits per heavy atom. The van der Waals surface area contributed by atoms with Crippen LogP contribution in [0.25, 0.3) is 0 Å². The van der Waals surface area contributed by atoms with Gasteiger partial charge in [-0.05, 0) is 41.8 Å². The van der Waals surface area contributed by atoms with E-state index in [-0.39, 0.29) is 0 Å². The Kier molecular flexibility index (Phi) is 4.91. The minimum atomic E-state index is -0.614. The maximum atomic E-state index is 10.3. The normalized spacial score (nSPS) is 12.5. The molecule has 2 rings (SSSR count). The zero-order valence-corrected chi connectivity index (χ0v) is 13.4. The minimum Gasteiger partial charge on any atom is -0.388 e. The first-order valence-electron chi connectivity index (χ1n) is 5.85. The Balaban J connectivity index is 2.20. The van der Waals surface area contributed by atoms with Gasteiger partial charge in [0, 0.05) is 20.9 Å². The molecule has 19 heavy (non-hydrogen) atoms. The number of halogens is 3. The third-order valence-corrected chi connectivity index (χ3v) is 4.26. The fraction of sp³-hybridized carbons (Fsp3) is 0.200. The molecule has 0 bridgehead atoms. The lowest BCUT2D eigenvalue weighted by Crippen LogP contribution is -2.02. The second-order valence-electron chi connectivity index (χ2n) is 4.46. The van der Waals surface area contributed by atoms with Crippen molar-refractivity contribution in [1.29, 1.82) is 0 Å². The topological polar surface area (TPSA) is 20.2 Å². The van der Waals surface area contributed by atoms with Crippen LogP contribution in [0, 0.1) is 6.92 Å². The third kappa shape index (κ3) is 3.73. The summed E-state index contributed by atoms with van der Waals surface area (Å²) in [6, 6.07) is 11.2. The first kappa shape index (κ1) is 14.9. The predicted octanol–water partition coefficient (Wildman–Crippen LogP) is 5.34. The fourth-order valence-corrected chi connectivity index (χ4v) is 2.77. The van der Waals surface area contributed by atoms with Gasteiger partial charge in [0.25, 0.3) is 0 Å². The van der Waals surface area contributed by atoms with Gasteiger partial charge in [-0.1, -0.05) is 57.3 Å². The van der Waals surface area contributed by atoms with Crippen LogP contribution in [-0.2, 0) is 6.42 Å². The van der Waals surface area contributed by atoms with E-state index in [9.17, 15) is 5.11 Å². The first-order chi connectivity index (χ1) is 8.97. The van der Waals surface area contributed by atoms with Crippen LogP contribution < -0.4 is 0 Å². The van der Waals surface area contributed by atoms with Crippen LogP contribution in [-0.4, -0.2) is 5.11 Å². The van der Waals surface area contributed by atoms with Crippen LogP contribution in [0.2, 0.25) is 10.0 Å². The van der Waals surface area contributed by atoms with Crippen molar-refractivity contribution < 1.29 is 5.11 Å². The number of aliphatic hydroxyl groups excluding tert-OH is 1. The molecule has 2 aromatic rings. The molecule has 100 valence electrons. The minimum absolute atomic E-state index is 0.464. The molecular formula is C15H13BrCl2O. The lowest BCUT2D eigenvalue weighted by atomic mass is 10.0. The number of hydrogen-bond donors (Lipinski definition) is 1. The smallest absolute Gasteiger partial charge is 0.0831 e. The molecule has 0 saturated carbocycles. The van der Waals surface area contributed by atoms with Crippen LogP contribution >= 0.6 is 39.1 Å². The zero-order chi connectivity index (χ0) is 14.0. The van der Waals surface area contributed by atoms with E-state index >= 15 is 0 Å². The van der Waals surface area contributed by atoms with Gasteiger partial charge in [0.1, 0.15) is 0 Å². The number of benzene rings is 2. The summed E-state index contributed by atoms with van der Waals surface area (Å²) in [5, 5.41) is 11.6. The molecule has 1 N–H and O–H groups in total. The van der Waals surface area contributed by atoms with Crippen molar-refractivity contribution in [2.45, 2.75) is 19.4 Å². The number of aryl methyl sites for hydroxylation is 1. The molecule has 0 amide bonds. The molecule has 0 fully saturated rings. The average Bonchev–Trinajstić information content (AvgIpc) is 2.36. The summed E-state index contributed by atoms with van der Waals surface area (Å²) >= 11 is 15.6. The number of aliphatic hydroxyl groups is 1. The molecule has 0 heterocycles. The second kappa shape index (κ2) is 6.27. The summed E-state index contributed by atoms with van der Waals surface area (Å²) in [6.07, 6.45) is -0.150. The first-order valence-corrected chi connectivity index (χ1v) is 7.40. The van der Waals surface area contributed by atoms with Gasteiger partial charge in [0.05, 0.1) is 6.10 Å². The van der Waals surface area contributed by atoms with E-state index in [1.807, 2.05) is 37.3 Å². The van der Waals surface area contributed by atoms with E-state index < -0.39 is 6.10 Å². The monoisotopic (exact) mass is 358 g/mol. The Hall–Kier alpha value is -0.540. The van der Waals surface area contributed by atoms with Gasteiger partial charge in [0.2, 0.25) is 0 Å². The predicted molar refractivity (Wildman–Crippen MR) is 84.0 cm³/mol. The van der Waals surface area contributed by atoms with E-state index in [1.165, 1.54) is 0 Å². The van der Waals surface area contributed by atoms with Crippen LogP contribution in [0.15, 0.2) is 40.9 Å². The van der Waals surface area contributed by atoms with Gasteiger partial charge in [-0.2, -0.15) is 0 Å². The van der Waals surface area contributed by atoms with Crippen molar-refractivity contribution in [3.8, 4) is 0 Å². The standard InChI is InChI=1S/C15H13BrCl2O/c1-9-2-3-11(6-13(9)17)15(19)7-10-4-5-12(16)8-14(10)18/h2-6,8,15,19H,7H2,1H3. The van der Waals surface area contributed by atoms with E-state index in [4.69, 9.17) is 23.2 Å². The maximum Gasteiger partial charge on any atom is 0.0831 e. The van der Waals surface area contributed by atoms with Gasteiger partial charge in [0.15, 0.2) is 0 Å². The summed E-state index contributed by atoms with van der Waals surface area (Å²) in [6.45, 7) is 1.93. The second-order valence-corrected chi connectivity index (χ2v) is 6.19. The largest absolute Gasteiger partial charge is 0.388 e. The number of rotatable bonds is 3. The lowest BCUT2D eigenvalue weighted by Gasteiger charge is -2.13. The van der Waals surface area contributed by atoms with Crippen molar-refractivity contribution >= 4 is 39.1 Å². The van der Waals surface area contributed by atoms with E-state index in [0.717, 1.165) is 21.2 Å². The molecule has 4 heteroatoms. The lowest BCUT2D eigenvalue weighted by molar-refractivity contribution is 0.178. The van der Waals surface area contributed by atoms with Crippen LogP contribution in [0.5, 0.6) is 0 Å². The highest BCUT2D eigenvalue weighted by molar-refractivity contribution is 9.10. The highest BCUT2D eigenvalue weighted by Crippen LogP contribution is 2.28. The van der Waals surface area contributed by atoms with Crippen molar-refractivity contribution in [2.24, 2.45) is 0 Å². The highest BCUT2D eigenvalue weighted by atomic mass is 79.9. The van der Waals surface area contributed by atoms with Gasteiger partial charge >= 0.3 is 0 Å². The Bertz CT molecular complexity index is 599. The molecule has 2 aromatic carbocycles. The van der Waals surface area contributed by atoms with E-state index in [0.29, 0.717) is 16.5 Å². The van der Waals surface area contributed by atoms with Gasteiger partial charge in [-0.15, -0.1) is 0 Å². The van der Waals surface area contributed by atoms with Crippen LogP contribution in [0.1, 0.15) is 22.8 Å². The number of hydrogen-bond acceptors (Lipinski definition) is 1. The summed E-state index contributed by atoms with van der Waals surface area (Å²) < 4.78 is 0.925. The van der Waals surface area contributed by atoms with Crippen LogP contribution in [0.4, 0.5) is 0 Å². The molecular weight excluding hydrogens is 347 g/mol. The molecule has 0 radical (unpaired) electrons. The third-order valence-electron chi connectivity index (χ3n) is 3.01.